The van der Waals surface area contributed by atoms with Crippen molar-refractivity contribution in [3.8, 4) is 11.5 Å². The molecule has 0 radical (unpaired) electrons. The van der Waals surface area contributed by atoms with E-state index in [0.717, 1.165) is 35.8 Å². The lowest BCUT2D eigenvalue weighted by molar-refractivity contribution is -0.113. The van der Waals surface area contributed by atoms with Gasteiger partial charge in [0.05, 0.1) is 21.7 Å². The van der Waals surface area contributed by atoms with Crippen molar-refractivity contribution in [2.24, 2.45) is 0 Å². The first-order chi connectivity index (χ1) is 16.3. The molecule has 9 heteroatoms. The summed E-state index contributed by atoms with van der Waals surface area (Å²) in [6.07, 6.45) is 1.78. The molecule has 0 spiro atoms. The predicted molar refractivity (Wildman–Crippen MR) is 149 cm³/mol. The van der Waals surface area contributed by atoms with Crippen LogP contribution in [-0.2, 0) is 11.4 Å². The van der Waals surface area contributed by atoms with E-state index in [4.69, 9.17) is 21.7 Å². The van der Waals surface area contributed by atoms with Crippen molar-refractivity contribution in [1.29, 1.82) is 0 Å². The number of nitrogens with one attached hydrogen (secondary N) is 1. The van der Waals surface area contributed by atoms with Crippen molar-refractivity contribution in [2.75, 3.05) is 12.0 Å². The van der Waals surface area contributed by atoms with E-state index in [0.29, 0.717) is 22.3 Å². The molecule has 0 aliphatic carbocycles. The van der Waals surface area contributed by atoms with E-state index in [1.807, 2.05) is 61.5 Å². The number of ether oxygens (including phenoxy) is 2. The minimum absolute atomic E-state index is 0.202. The van der Waals surface area contributed by atoms with Crippen molar-refractivity contribution >= 4 is 82.8 Å². The minimum Gasteiger partial charge on any atom is -0.496 e. The number of carbonyl (C=O) groups is 1. The van der Waals surface area contributed by atoms with Crippen LogP contribution in [0.2, 0.25) is 0 Å². The third-order valence-corrected chi connectivity index (χ3v) is 7.01. The molecule has 0 saturated carbocycles. The lowest BCUT2D eigenvalue weighted by Crippen LogP contribution is -2.30. The van der Waals surface area contributed by atoms with Crippen molar-refractivity contribution in [1.82, 2.24) is 5.32 Å². The summed E-state index contributed by atoms with van der Waals surface area (Å²) in [6, 6.07) is 17.2. The molecule has 0 atom stereocenters. The molecule has 4 rings (SSSR count). The van der Waals surface area contributed by atoms with Gasteiger partial charge in [-0.25, -0.2) is 0 Å². The highest BCUT2D eigenvalue weighted by Gasteiger charge is 2.32. The van der Waals surface area contributed by atoms with Crippen molar-refractivity contribution in [2.45, 2.75) is 13.5 Å². The molecule has 1 aliphatic rings. The Morgan fingerprint density at radius 3 is 2.47 bits per heavy atom. The maximum atomic E-state index is 13.1. The maximum absolute atomic E-state index is 13.1. The Hall–Kier alpha value is -2.20. The fraction of sp³-hybridized carbons (Fsp3) is 0.120. The van der Waals surface area contributed by atoms with Crippen LogP contribution < -0.4 is 19.7 Å². The van der Waals surface area contributed by atoms with Gasteiger partial charge in [-0.1, -0.05) is 34.1 Å². The molecule has 174 valence electrons. The van der Waals surface area contributed by atoms with E-state index in [1.54, 1.807) is 13.2 Å². The van der Waals surface area contributed by atoms with Gasteiger partial charge < -0.3 is 14.8 Å². The van der Waals surface area contributed by atoms with Crippen LogP contribution in [0.3, 0.4) is 0 Å². The fourth-order valence-electron chi connectivity index (χ4n) is 3.52. The number of thiocarbonyl (C=S) groups is 1. The van der Waals surface area contributed by atoms with Gasteiger partial charge in [-0.2, -0.15) is 0 Å². The van der Waals surface area contributed by atoms with Gasteiger partial charge >= 0.3 is 0 Å². The molecule has 3 aromatic carbocycles. The minimum atomic E-state index is -0.202. The van der Waals surface area contributed by atoms with Crippen LogP contribution in [0.5, 0.6) is 11.5 Å². The summed E-state index contributed by atoms with van der Waals surface area (Å²) in [6.45, 7) is 2.25. The highest BCUT2D eigenvalue weighted by molar-refractivity contribution is 9.11. The fourth-order valence-corrected chi connectivity index (χ4v) is 6.31. The van der Waals surface area contributed by atoms with Gasteiger partial charge in [-0.05, 0) is 105 Å². The zero-order valence-corrected chi connectivity index (χ0v) is 23.8. The first-order valence-corrected chi connectivity index (χ1v) is 12.9. The van der Waals surface area contributed by atoms with Crippen LogP contribution in [0.15, 0.2) is 73.7 Å². The SMILES string of the molecule is COc1ccc(/C=C2/NC(=S)N(c3cccc(C)c3)C2=O)cc1COc1c(Br)cc(Br)cc1Br. The molecule has 5 nitrogen and oxygen atoms in total. The van der Waals surface area contributed by atoms with E-state index in [1.165, 1.54) is 4.90 Å². The first kappa shape index (κ1) is 24.9. The number of halogens is 3. The average Bonchev–Trinajstić information content (AvgIpc) is 3.06. The summed E-state index contributed by atoms with van der Waals surface area (Å²) in [5, 5.41) is 3.39. The molecule has 3 aromatic rings. The Morgan fingerprint density at radius 2 is 1.79 bits per heavy atom. The second-order valence-corrected chi connectivity index (χ2v) is 10.5. The third kappa shape index (κ3) is 5.38. The molecular formula is C25H19Br3N2O3S. The summed E-state index contributed by atoms with van der Waals surface area (Å²) >= 11 is 16.0. The standard InChI is InChI=1S/C25H19Br3N2O3S/c1-14-4-3-5-18(8-14)30-24(31)21(29-25(30)34)10-15-6-7-22(32-2)16(9-15)13-33-23-19(27)11-17(26)12-20(23)28/h3-12H,13H2,1-2H3,(H,29,34)/b21-10+. The van der Waals surface area contributed by atoms with Crippen LogP contribution in [0.25, 0.3) is 6.08 Å². The normalized spacial score (nSPS) is 14.5. The molecule has 1 N–H and O–H groups in total. The number of anilines is 1. The molecule has 1 aliphatic heterocycles. The number of aryl methyl sites for hydroxylation is 1. The lowest BCUT2D eigenvalue weighted by Gasteiger charge is -2.14. The Morgan fingerprint density at radius 1 is 1.06 bits per heavy atom. The Kier molecular flexibility index (Phi) is 7.77. The Balaban J connectivity index is 1.59. The average molecular weight is 667 g/mol. The van der Waals surface area contributed by atoms with Gasteiger partial charge in [0.2, 0.25) is 0 Å². The smallest absolute Gasteiger partial charge is 0.281 e. The molecule has 1 amide bonds. The second kappa shape index (κ2) is 10.6. The molecule has 0 aromatic heterocycles. The van der Waals surface area contributed by atoms with E-state index >= 15 is 0 Å². The number of nitrogens with zero attached hydrogens (tertiary/aromatic N) is 1. The zero-order valence-electron chi connectivity index (χ0n) is 18.2. The van der Waals surface area contributed by atoms with Gasteiger partial charge in [0.25, 0.3) is 5.91 Å². The third-order valence-electron chi connectivity index (χ3n) is 5.09. The van der Waals surface area contributed by atoms with Gasteiger partial charge in [0.1, 0.15) is 23.8 Å². The first-order valence-electron chi connectivity index (χ1n) is 10.1. The van der Waals surface area contributed by atoms with Gasteiger partial charge in [-0.15, -0.1) is 0 Å². The lowest BCUT2D eigenvalue weighted by atomic mass is 10.1. The van der Waals surface area contributed by atoms with Crippen molar-refractivity contribution < 1.29 is 14.3 Å². The molecule has 1 saturated heterocycles. The largest absolute Gasteiger partial charge is 0.496 e. The van der Waals surface area contributed by atoms with Crippen LogP contribution in [0.1, 0.15) is 16.7 Å². The van der Waals surface area contributed by atoms with Gasteiger partial charge in [0.15, 0.2) is 5.11 Å². The number of hydrogen-bond acceptors (Lipinski definition) is 4. The Bertz CT molecular complexity index is 1300. The van der Waals surface area contributed by atoms with Crippen LogP contribution in [0.4, 0.5) is 5.69 Å². The molecule has 1 fully saturated rings. The molecule has 0 bridgehead atoms. The molecule has 34 heavy (non-hydrogen) atoms. The highest BCUT2D eigenvalue weighted by Crippen LogP contribution is 2.37. The number of carbonyl (C=O) groups excluding carboxylic acids is 1. The van der Waals surface area contributed by atoms with Crippen LogP contribution >= 0.6 is 60.0 Å². The highest BCUT2D eigenvalue weighted by atomic mass is 79.9. The van der Waals surface area contributed by atoms with E-state index in [9.17, 15) is 4.79 Å². The van der Waals surface area contributed by atoms with Crippen LogP contribution in [0, 0.1) is 6.92 Å². The number of benzene rings is 3. The summed E-state index contributed by atoms with van der Waals surface area (Å²) < 4.78 is 14.2. The monoisotopic (exact) mass is 664 g/mol. The van der Waals surface area contributed by atoms with E-state index in [2.05, 4.69) is 53.1 Å². The summed E-state index contributed by atoms with van der Waals surface area (Å²) in [5.41, 5.74) is 3.84. The summed E-state index contributed by atoms with van der Waals surface area (Å²) in [5.74, 6) is 1.17. The molecular weight excluding hydrogens is 648 g/mol. The number of methoxy groups -OCH3 is 1. The summed E-state index contributed by atoms with van der Waals surface area (Å²) in [7, 11) is 1.61. The van der Waals surface area contributed by atoms with Gasteiger partial charge in [-0.3, -0.25) is 9.69 Å². The maximum Gasteiger partial charge on any atom is 0.281 e. The van der Waals surface area contributed by atoms with Crippen molar-refractivity contribution in [3.63, 3.8) is 0 Å². The number of rotatable bonds is 6. The molecule has 1 heterocycles. The zero-order chi connectivity index (χ0) is 24.4. The number of hydrogen-bond donors (Lipinski definition) is 1. The Labute approximate surface area is 228 Å². The van der Waals surface area contributed by atoms with Gasteiger partial charge in [0, 0.05) is 10.0 Å². The predicted octanol–water partition coefficient (Wildman–Crippen LogP) is 7.13. The second-order valence-electron chi connectivity index (χ2n) is 7.53. The van der Waals surface area contributed by atoms with E-state index < -0.39 is 0 Å². The quantitative estimate of drug-likeness (QED) is 0.224. The van der Waals surface area contributed by atoms with Crippen LogP contribution in [-0.4, -0.2) is 18.1 Å². The topological polar surface area (TPSA) is 50.8 Å². The van der Waals surface area contributed by atoms with Crippen molar-refractivity contribution in [3.05, 3.63) is 90.4 Å². The molecule has 0 unspecified atom stereocenters. The summed E-state index contributed by atoms with van der Waals surface area (Å²) in [4.78, 5) is 14.6. The number of amides is 1. The van der Waals surface area contributed by atoms with E-state index in [-0.39, 0.29) is 12.5 Å².